The van der Waals surface area contributed by atoms with Crippen LogP contribution in [0.15, 0.2) is 70.7 Å². The summed E-state index contributed by atoms with van der Waals surface area (Å²) >= 11 is 1.53. The molecule has 0 N–H and O–H groups in total. The third kappa shape index (κ3) is 5.14. The number of carbonyl (C=O) groups excluding carboxylic acids is 2. The Balaban J connectivity index is 0.00000272. The summed E-state index contributed by atoms with van der Waals surface area (Å²) in [6.07, 6.45) is 1.55. The number of rotatable bonds is 7. The minimum Gasteiger partial charge on any atom is -0.545 e. The number of aromatic nitrogens is 1. The van der Waals surface area contributed by atoms with Crippen LogP contribution in [0.2, 0.25) is 0 Å². The molecule has 4 aromatic rings. The van der Waals surface area contributed by atoms with Crippen LogP contribution in [-0.4, -0.2) is 16.7 Å². The molecular weight excluding hydrogens is 425 g/mol. The third-order valence-electron chi connectivity index (χ3n) is 4.46. The first-order chi connectivity index (χ1) is 14.5. The molecule has 0 saturated heterocycles. The van der Waals surface area contributed by atoms with Crippen molar-refractivity contribution in [2.45, 2.75) is 13.5 Å². The SMILES string of the molecule is CC(=O)c1c(-c2ccco2)cc(-c2cccs2)nc1OCc1ccc(C(=O)[O-])cc1.[Na+]. The molecule has 0 radical (unpaired) electrons. The zero-order valence-electron chi connectivity index (χ0n) is 17.0. The van der Waals surface area contributed by atoms with Gasteiger partial charge in [0.05, 0.1) is 28.4 Å². The molecule has 0 aliphatic rings. The Morgan fingerprint density at radius 3 is 2.48 bits per heavy atom. The van der Waals surface area contributed by atoms with Crippen molar-refractivity contribution in [1.82, 2.24) is 4.98 Å². The van der Waals surface area contributed by atoms with Crippen LogP contribution < -0.4 is 39.4 Å². The summed E-state index contributed by atoms with van der Waals surface area (Å²) < 4.78 is 11.5. The molecule has 6 nitrogen and oxygen atoms in total. The normalized spacial score (nSPS) is 10.4. The molecule has 0 atom stereocenters. The van der Waals surface area contributed by atoms with E-state index in [9.17, 15) is 14.7 Å². The molecule has 0 amide bonds. The smallest absolute Gasteiger partial charge is 0.545 e. The Bertz CT molecular complexity index is 1190. The molecule has 150 valence electrons. The molecule has 0 spiro atoms. The van der Waals surface area contributed by atoms with E-state index in [1.807, 2.05) is 23.6 Å². The molecule has 1 aromatic carbocycles. The zero-order valence-corrected chi connectivity index (χ0v) is 19.8. The fourth-order valence-electron chi connectivity index (χ4n) is 3.03. The molecule has 31 heavy (non-hydrogen) atoms. The standard InChI is InChI=1S/C23H17NO5S.Na/c1-14(25)21-17(19-4-2-10-28-19)12-18(20-5-3-11-30-20)24-22(21)29-13-15-6-8-16(9-7-15)23(26)27;/h2-12H,13H2,1H3,(H,26,27);/q;+1/p-1. The van der Waals surface area contributed by atoms with Crippen LogP contribution in [0.5, 0.6) is 5.88 Å². The molecule has 0 fully saturated rings. The molecule has 0 saturated carbocycles. The molecule has 3 heterocycles. The maximum absolute atomic E-state index is 12.5. The largest absolute Gasteiger partial charge is 1.00 e. The van der Waals surface area contributed by atoms with E-state index < -0.39 is 5.97 Å². The van der Waals surface area contributed by atoms with Crippen molar-refractivity contribution < 1.29 is 53.4 Å². The van der Waals surface area contributed by atoms with Crippen molar-refractivity contribution in [2.75, 3.05) is 0 Å². The van der Waals surface area contributed by atoms with E-state index in [-0.39, 0.29) is 53.4 Å². The predicted octanol–water partition coefficient (Wildman–Crippen LogP) is 1.22. The first-order valence-electron chi connectivity index (χ1n) is 9.09. The van der Waals surface area contributed by atoms with Gasteiger partial charge >= 0.3 is 29.6 Å². The number of carbonyl (C=O) groups is 2. The van der Waals surface area contributed by atoms with Crippen LogP contribution in [0.4, 0.5) is 0 Å². The summed E-state index contributed by atoms with van der Waals surface area (Å²) in [5.74, 6) is -0.698. The maximum atomic E-state index is 12.5. The number of furan rings is 1. The number of hydrogen-bond acceptors (Lipinski definition) is 7. The van der Waals surface area contributed by atoms with Crippen molar-refractivity contribution in [3.63, 3.8) is 0 Å². The van der Waals surface area contributed by atoms with Gasteiger partial charge in [0.25, 0.3) is 0 Å². The Hall–Kier alpha value is -2.71. The van der Waals surface area contributed by atoms with Crippen molar-refractivity contribution in [1.29, 1.82) is 0 Å². The van der Waals surface area contributed by atoms with E-state index in [0.29, 0.717) is 22.6 Å². The van der Waals surface area contributed by atoms with Crippen LogP contribution >= 0.6 is 11.3 Å². The summed E-state index contributed by atoms with van der Waals surface area (Å²) in [5.41, 5.74) is 2.42. The van der Waals surface area contributed by atoms with Crippen molar-refractivity contribution in [3.05, 3.63) is 82.9 Å². The van der Waals surface area contributed by atoms with Gasteiger partial charge < -0.3 is 19.1 Å². The predicted molar refractivity (Wildman–Crippen MR) is 110 cm³/mol. The van der Waals surface area contributed by atoms with E-state index in [4.69, 9.17) is 9.15 Å². The van der Waals surface area contributed by atoms with Crippen LogP contribution in [0.3, 0.4) is 0 Å². The number of thiophene rings is 1. The van der Waals surface area contributed by atoms with E-state index >= 15 is 0 Å². The summed E-state index contributed by atoms with van der Waals surface area (Å²) in [6.45, 7) is 1.57. The van der Waals surface area contributed by atoms with Crippen molar-refractivity contribution in [2.24, 2.45) is 0 Å². The molecule has 0 bridgehead atoms. The number of pyridine rings is 1. The summed E-state index contributed by atoms with van der Waals surface area (Å²) in [7, 11) is 0. The van der Waals surface area contributed by atoms with E-state index in [1.165, 1.54) is 30.4 Å². The average Bonchev–Trinajstić information content (AvgIpc) is 3.46. The number of carboxylic acid groups (broad SMARTS) is 1. The van der Waals surface area contributed by atoms with Gasteiger partial charge in [-0.2, -0.15) is 0 Å². The Morgan fingerprint density at radius 2 is 1.90 bits per heavy atom. The third-order valence-corrected chi connectivity index (χ3v) is 5.36. The molecule has 0 aliphatic carbocycles. The maximum Gasteiger partial charge on any atom is 1.00 e. The van der Waals surface area contributed by atoms with Gasteiger partial charge in [-0.15, -0.1) is 11.3 Å². The van der Waals surface area contributed by atoms with Crippen LogP contribution in [0.25, 0.3) is 21.9 Å². The van der Waals surface area contributed by atoms with Crippen molar-refractivity contribution >= 4 is 23.1 Å². The number of ketones is 1. The Morgan fingerprint density at radius 1 is 1.13 bits per heavy atom. The molecule has 0 unspecified atom stereocenters. The fraction of sp³-hybridized carbons (Fsp3) is 0.0870. The van der Waals surface area contributed by atoms with Gasteiger partial charge in [0.1, 0.15) is 12.4 Å². The number of ether oxygens (including phenoxy) is 1. The quantitative estimate of drug-likeness (QED) is 0.316. The zero-order chi connectivity index (χ0) is 21.1. The number of Topliss-reactive ketones (excluding diaryl/α,β-unsaturated/α-hetero) is 1. The molecular formula is C23H16NNaO5S. The fourth-order valence-corrected chi connectivity index (χ4v) is 3.72. The Labute approximate surface area is 204 Å². The van der Waals surface area contributed by atoms with Crippen LogP contribution in [-0.2, 0) is 6.61 Å². The number of nitrogens with zero attached hydrogens (tertiary/aromatic N) is 1. The van der Waals surface area contributed by atoms with Gasteiger partial charge in [-0.05, 0) is 47.7 Å². The van der Waals surface area contributed by atoms with Gasteiger partial charge in [-0.25, -0.2) is 4.98 Å². The second-order valence-corrected chi connectivity index (χ2v) is 7.47. The van der Waals surface area contributed by atoms with Crippen LogP contribution in [0.1, 0.15) is 33.2 Å². The first-order valence-corrected chi connectivity index (χ1v) is 9.97. The van der Waals surface area contributed by atoms with Gasteiger partial charge in [-0.3, -0.25) is 4.79 Å². The first kappa shape index (κ1) is 23.0. The summed E-state index contributed by atoms with van der Waals surface area (Å²) in [5, 5.41) is 12.9. The van der Waals surface area contributed by atoms with Gasteiger partial charge in [0, 0.05) is 5.56 Å². The van der Waals surface area contributed by atoms with E-state index in [1.54, 1.807) is 30.5 Å². The number of aromatic carboxylic acids is 1. The number of benzene rings is 1. The second kappa shape index (κ2) is 10.1. The molecule has 0 aliphatic heterocycles. The topological polar surface area (TPSA) is 92.5 Å². The van der Waals surface area contributed by atoms with E-state index in [2.05, 4.69) is 4.98 Å². The monoisotopic (exact) mass is 441 g/mol. The number of hydrogen-bond donors (Lipinski definition) is 0. The van der Waals surface area contributed by atoms with Gasteiger partial charge in [0.15, 0.2) is 5.78 Å². The number of carboxylic acids is 1. The molecule has 3 aromatic heterocycles. The minimum absolute atomic E-state index is 0. The minimum atomic E-state index is -1.24. The molecule has 8 heteroatoms. The summed E-state index contributed by atoms with van der Waals surface area (Å²) in [6, 6.07) is 15.4. The van der Waals surface area contributed by atoms with Gasteiger partial charge in [-0.1, -0.05) is 30.3 Å². The summed E-state index contributed by atoms with van der Waals surface area (Å²) in [4.78, 5) is 28.9. The Kier molecular flexibility index (Phi) is 7.46. The van der Waals surface area contributed by atoms with Crippen molar-refractivity contribution in [3.8, 4) is 27.8 Å². The second-order valence-electron chi connectivity index (χ2n) is 6.52. The average molecular weight is 441 g/mol. The van der Waals surface area contributed by atoms with Gasteiger partial charge in [0.2, 0.25) is 5.88 Å². The van der Waals surface area contributed by atoms with E-state index in [0.717, 1.165) is 10.4 Å². The van der Waals surface area contributed by atoms with Crippen LogP contribution in [0, 0.1) is 0 Å². The molecule has 4 rings (SSSR count).